The molecule has 90 valence electrons. The van der Waals surface area contributed by atoms with E-state index >= 15 is 0 Å². The molecule has 4 heteroatoms. The van der Waals surface area contributed by atoms with Crippen LogP contribution in [0.5, 0.6) is 0 Å². The van der Waals surface area contributed by atoms with Gasteiger partial charge in [0, 0.05) is 19.8 Å². The van der Waals surface area contributed by atoms with Crippen LogP contribution in [0, 0.1) is 17.2 Å². The standard InChI is InChI=1S/C13H18N4/c1-17(10-11-4-2-6-15-9-11)13-12(8-14)5-3-7-16-13/h3,5,7,11,15H,2,4,6,9-10H2,1H3. The molecule has 1 aliphatic heterocycles. The molecule has 0 amide bonds. The van der Waals surface area contributed by atoms with Gasteiger partial charge in [-0.25, -0.2) is 4.98 Å². The molecule has 1 aromatic heterocycles. The molecule has 2 heterocycles. The Hall–Kier alpha value is -1.60. The van der Waals surface area contributed by atoms with Gasteiger partial charge in [0.05, 0.1) is 5.56 Å². The third-order valence-electron chi connectivity index (χ3n) is 3.20. The predicted octanol–water partition coefficient (Wildman–Crippen LogP) is 1.39. The third-order valence-corrected chi connectivity index (χ3v) is 3.20. The first-order valence-corrected chi connectivity index (χ1v) is 6.08. The van der Waals surface area contributed by atoms with Gasteiger partial charge in [-0.1, -0.05) is 0 Å². The van der Waals surface area contributed by atoms with Crippen LogP contribution in [0.15, 0.2) is 18.3 Å². The molecule has 1 aliphatic rings. The lowest BCUT2D eigenvalue weighted by Gasteiger charge is -2.28. The monoisotopic (exact) mass is 230 g/mol. The molecule has 1 atom stereocenters. The van der Waals surface area contributed by atoms with Crippen molar-refractivity contribution in [2.24, 2.45) is 5.92 Å². The number of nitrogens with zero attached hydrogens (tertiary/aromatic N) is 3. The average molecular weight is 230 g/mol. The van der Waals surface area contributed by atoms with Crippen LogP contribution in [-0.2, 0) is 0 Å². The van der Waals surface area contributed by atoms with Gasteiger partial charge >= 0.3 is 0 Å². The molecule has 4 nitrogen and oxygen atoms in total. The summed E-state index contributed by atoms with van der Waals surface area (Å²) in [5, 5.41) is 12.5. The third kappa shape index (κ3) is 2.95. The van der Waals surface area contributed by atoms with Gasteiger partial charge in [-0.2, -0.15) is 5.26 Å². The van der Waals surface area contributed by atoms with E-state index in [4.69, 9.17) is 5.26 Å². The van der Waals surface area contributed by atoms with Gasteiger partial charge in [-0.15, -0.1) is 0 Å². The number of pyridine rings is 1. The molecular formula is C13H18N4. The number of hydrogen-bond donors (Lipinski definition) is 1. The molecule has 0 spiro atoms. The summed E-state index contributed by atoms with van der Waals surface area (Å²) in [6.45, 7) is 3.16. The Labute approximate surface area is 102 Å². The van der Waals surface area contributed by atoms with Crippen molar-refractivity contribution >= 4 is 5.82 Å². The van der Waals surface area contributed by atoms with E-state index in [-0.39, 0.29) is 0 Å². The number of rotatable bonds is 3. The maximum atomic E-state index is 9.04. The second-order valence-electron chi connectivity index (χ2n) is 4.58. The van der Waals surface area contributed by atoms with Crippen molar-refractivity contribution in [1.82, 2.24) is 10.3 Å². The number of anilines is 1. The minimum Gasteiger partial charge on any atom is -0.358 e. The van der Waals surface area contributed by atoms with Crippen molar-refractivity contribution in [2.45, 2.75) is 12.8 Å². The van der Waals surface area contributed by atoms with Crippen LogP contribution in [0.1, 0.15) is 18.4 Å². The second-order valence-corrected chi connectivity index (χ2v) is 4.58. The molecule has 17 heavy (non-hydrogen) atoms. The molecule has 1 N–H and O–H groups in total. The maximum Gasteiger partial charge on any atom is 0.146 e. The van der Waals surface area contributed by atoms with Crippen molar-refractivity contribution < 1.29 is 0 Å². The molecule has 1 aromatic rings. The number of piperidine rings is 1. The smallest absolute Gasteiger partial charge is 0.146 e. The lowest BCUT2D eigenvalue weighted by molar-refractivity contribution is 0.380. The van der Waals surface area contributed by atoms with Crippen LogP contribution in [0.3, 0.4) is 0 Å². The summed E-state index contributed by atoms with van der Waals surface area (Å²) in [5.74, 6) is 1.45. The minimum absolute atomic E-state index is 0.652. The van der Waals surface area contributed by atoms with Crippen LogP contribution in [0.4, 0.5) is 5.82 Å². The molecule has 1 fully saturated rings. The SMILES string of the molecule is CN(CC1CCCNC1)c1ncccc1C#N. The zero-order valence-corrected chi connectivity index (χ0v) is 10.2. The van der Waals surface area contributed by atoms with Crippen molar-refractivity contribution in [3.8, 4) is 6.07 Å². The quantitative estimate of drug-likeness (QED) is 0.852. The largest absolute Gasteiger partial charge is 0.358 e. The fraction of sp³-hybridized carbons (Fsp3) is 0.538. The van der Waals surface area contributed by atoms with E-state index in [1.165, 1.54) is 12.8 Å². The van der Waals surface area contributed by atoms with E-state index in [9.17, 15) is 0 Å². The summed E-state index contributed by atoms with van der Waals surface area (Å²) in [7, 11) is 2.01. The predicted molar refractivity (Wildman–Crippen MR) is 67.8 cm³/mol. The Morgan fingerprint density at radius 3 is 3.24 bits per heavy atom. The van der Waals surface area contributed by atoms with Crippen molar-refractivity contribution in [3.63, 3.8) is 0 Å². The Bertz CT molecular complexity index is 404. The highest BCUT2D eigenvalue weighted by Gasteiger charge is 2.17. The van der Waals surface area contributed by atoms with Gasteiger partial charge < -0.3 is 10.2 Å². The van der Waals surface area contributed by atoms with E-state index in [1.807, 2.05) is 13.1 Å². The fourth-order valence-electron chi connectivity index (χ4n) is 2.34. The van der Waals surface area contributed by atoms with E-state index in [1.54, 1.807) is 12.3 Å². The Morgan fingerprint density at radius 2 is 2.53 bits per heavy atom. The van der Waals surface area contributed by atoms with E-state index in [2.05, 4.69) is 21.3 Å². The van der Waals surface area contributed by atoms with E-state index in [0.29, 0.717) is 11.5 Å². The molecule has 2 rings (SSSR count). The average Bonchev–Trinajstić information content (AvgIpc) is 2.40. The number of aromatic nitrogens is 1. The minimum atomic E-state index is 0.652. The summed E-state index contributed by atoms with van der Waals surface area (Å²) in [5.41, 5.74) is 0.652. The highest BCUT2D eigenvalue weighted by Crippen LogP contribution is 2.18. The maximum absolute atomic E-state index is 9.04. The Balaban J connectivity index is 2.03. The summed E-state index contributed by atoms with van der Waals surface area (Å²) < 4.78 is 0. The molecular weight excluding hydrogens is 212 g/mol. The summed E-state index contributed by atoms with van der Waals surface area (Å²) in [6, 6.07) is 5.81. The summed E-state index contributed by atoms with van der Waals surface area (Å²) in [4.78, 5) is 6.39. The zero-order chi connectivity index (χ0) is 12.1. The Morgan fingerprint density at radius 1 is 1.65 bits per heavy atom. The van der Waals surface area contributed by atoms with E-state index < -0.39 is 0 Å². The second kappa shape index (κ2) is 5.65. The zero-order valence-electron chi connectivity index (χ0n) is 10.2. The molecule has 0 aliphatic carbocycles. The van der Waals surface area contributed by atoms with E-state index in [0.717, 1.165) is 25.5 Å². The first kappa shape index (κ1) is 11.9. The summed E-state index contributed by atoms with van der Waals surface area (Å²) in [6.07, 6.45) is 4.24. The van der Waals surface area contributed by atoms with Crippen molar-refractivity contribution in [3.05, 3.63) is 23.9 Å². The van der Waals surface area contributed by atoms with Crippen LogP contribution >= 0.6 is 0 Å². The molecule has 0 aromatic carbocycles. The highest BCUT2D eigenvalue weighted by molar-refractivity contribution is 5.52. The number of hydrogen-bond acceptors (Lipinski definition) is 4. The highest BCUT2D eigenvalue weighted by atomic mass is 15.2. The Kier molecular flexibility index (Phi) is 3.94. The normalized spacial score (nSPS) is 19.6. The topological polar surface area (TPSA) is 52.0 Å². The van der Waals surface area contributed by atoms with Crippen LogP contribution in [0.25, 0.3) is 0 Å². The van der Waals surface area contributed by atoms with Crippen molar-refractivity contribution in [1.29, 1.82) is 5.26 Å². The fourth-order valence-corrected chi connectivity index (χ4v) is 2.34. The van der Waals surface area contributed by atoms with Gasteiger partial charge in [0.2, 0.25) is 0 Å². The number of nitrogens with one attached hydrogen (secondary N) is 1. The lowest BCUT2D eigenvalue weighted by Crippen LogP contribution is -2.37. The molecule has 0 bridgehead atoms. The summed E-state index contributed by atoms with van der Waals surface area (Å²) >= 11 is 0. The van der Waals surface area contributed by atoms with Crippen LogP contribution < -0.4 is 10.2 Å². The molecule has 0 radical (unpaired) electrons. The molecule has 1 unspecified atom stereocenters. The van der Waals surface area contributed by atoms with Gasteiger partial charge in [0.15, 0.2) is 0 Å². The van der Waals surface area contributed by atoms with Gasteiger partial charge in [0.25, 0.3) is 0 Å². The molecule has 0 saturated carbocycles. The van der Waals surface area contributed by atoms with Crippen LogP contribution in [-0.4, -0.2) is 31.7 Å². The first-order chi connectivity index (χ1) is 8.31. The molecule has 1 saturated heterocycles. The van der Waals surface area contributed by atoms with Gasteiger partial charge in [-0.05, 0) is 44.0 Å². The van der Waals surface area contributed by atoms with Gasteiger partial charge in [-0.3, -0.25) is 0 Å². The first-order valence-electron chi connectivity index (χ1n) is 6.08. The van der Waals surface area contributed by atoms with Crippen LogP contribution in [0.2, 0.25) is 0 Å². The lowest BCUT2D eigenvalue weighted by atomic mass is 9.99. The van der Waals surface area contributed by atoms with Gasteiger partial charge in [0.1, 0.15) is 11.9 Å². The number of nitriles is 1. The van der Waals surface area contributed by atoms with Crippen molar-refractivity contribution in [2.75, 3.05) is 31.6 Å².